The van der Waals surface area contributed by atoms with Crippen LogP contribution in [0, 0.1) is 0 Å². The number of nitrogens with zero attached hydrogens (tertiary/aromatic N) is 1. The molecular weight excluding hydrogens is 348 g/mol. The van der Waals surface area contributed by atoms with Crippen LogP contribution in [0.3, 0.4) is 0 Å². The number of aromatic amines is 1. The number of aromatic nitrogens is 2. The normalized spacial score (nSPS) is 11.1. The molecule has 0 saturated carbocycles. The van der Waals surface area contributed by atoms with E-state index in [1.54, 1.807) is 18.2 Å². The molecule has 6 heteroatoms. The molecule has 5 nitrogen and oxygen atoms in total. The van der Waals surface area contributed by atoms with Gasteiger partial charge in [-0.3, -0.25) is 9.78 Å². The van der Waals surface area contributed by atoms with Gasteiger partial charge < -0.3 is 16.0 Å². The number of hydrogen-bond donors (Lipinski definition) is 3. The number of halogens is 1. The van der Waals surface area contributed by atoms with E-state index in [2.05, 4.69) is 21.4 Å². The highest BCUT2D eigenvalue weighted by atomic mass is 35.5. The van der Waals surface area contributed by atoms with Gasteiger partial charge in [-0.25, -0.2) is 0 Å². The largest absolute Gasteiger partial charge is 0.398 e. The maximum atomic E-state index is 12.2. The number of pyridine rings is 1. The Labute approximate surface area is 155 Å². The zero-order chi connectivity index (χ0) is 18.1. The van der Waals surface area contributed by atoms with Crippen molar-refractivity contribution in [1.29, 1.82) is 0 Å². The molecule has 0 aliphatic heterocycles. The Morgan fingerprint density at radius 2 is 1.96 bits per heavy atom. The van der Waals surface area contributed by atoms with Gasteiger partial charge in [0.2, 0.25) is 5.91 Å². The minimum Gasteiger partial charge on any atom is -0.398 e. The Balaban J connectivity index is 1.47. The van der Waals surface area contributed by atoms with Gasteiger partial charge in [0.25, 0.3) is 0 Å². The number of fused-ring (bicyclic) bond motifs is 3. The van der Waals surface area contributed by atoms with Gasteiger partial charge >= 0.3 is 0 Å². The van der Waals surface area contributed by atoms with Crippen LogP contribution in [0.1, 0.15) is 12.1 Å². The molecule has 130 valence electrons. The summed E-state index contributed by atoms with van der Waals surface area (Å²) in [4.78, 5) is 20.0. The summed E-state index contributed by atoms with van der Waals surface area (Å²) in [5, 5.41) is 5.54. The topological polar surface area (TPSA) is 83.8 Å². The van der Waals surface area contributed by atoms with Crippen LogP contribution in [0.4, 0.5) is 11.4 Å². The Hall–Kier alpha value is -3.05. The van der Waals surface area contributed by atoms with Gasteiger partial charge in [0.15, 0.2) is 0 Å². The van der Waals surface area contributed by atoms with Crippen molar-refractivity contribution < 1.29 is 4.79 Å². The molecule has 0 fully saturated rings. The zero-order valence-electron chi connectivity index (χ0n) is 13.9. The summed E-state index contributed by atoms with van der Waals surface area (Å²) in [6, 6.07) is 15.2. The number of anilines is 2. The van der Waals surface area contributed by atoms with Gasteiger partial charge in [0, 0.05) is 34.1 Å². The van der Waals surface area contributed by atoms with E-state index < -0.39 is 0 Å². The first-order valence-electron chi connectivity index (χ1n) is 8.30. The molecule has 0 saturated heterocycles. The monoisotopic (exact) mass is 364 g/mol. The third-order valence-electron chi connectivity index (χ3n) is 4.34. The van der Waals surface area contributed by atoms with Crippen molar-refractivity contribution in [2.45, 2.75) is 12.8 Å². The standard InChI is InChI=1S/C20H17ClN4O/c21-16-10-13(5-7-17(16)22)24-20(26)8-6-12-9-15-14-3-1-2-4-18(14)25-19(15)11-23-12/h1-5,7,9-11,25H,6,8,22H2,(H,24,26). The van der Waals surface area contributed by atoms with Crippen LogP contribution in [0.25, 0.3) is 21.8 Å². The third kappa shape index (κ3) is 3.21. The number of para-hydroxylation sites is 1. The van der Waals surface area contributed by atoms with Crippen molar-refractivity contribution >= 4 is 50.7 Å². The zero-order valence-corrected chi connectivity index (χ0v) is 14.7. The van der Waals surface area contributed by atoms with Crippen molar-refractivity contribution in [3.8, 4) is 0 Å². The quantitative estimate of drug-likeness (QED) is 0.465. The number of carbonyl (C=O) groups excluding carboxylic acids is 1. The van der Waals surface area contributed by atoms with Gasteiger partial charge in [-0.15, -0.1) is 0 Å². The van der Waals surface area contributed by atoms with Gasteiger partial charge in [0.1, 0.15) is 0 Å². The molecule has 26 heavy (non-hydrogen) atoms. The average molecular weight is 365 g/mol. The van der Waals surface area contributed by atoms with E-state index in [-0.39, 0.29) is 5.91 Å². The smallest absolute Gasteiger partial charge is 0.224 e. The molecule has 2 heterocycles. The number of nitrogens with one attached hydrogen (secondary N) is 2. The van der Waals surface area contributed by atoms with Crippen LogP contribution >= 0.6 is 11.6 Å². The van der Waals surface area contributed by atoms with E-state index in [9.17, 15) is 4.79 Å². The number of H-pyrrole nitrogens is 1. The first-order valence-corrected chi connectivity index (χ1v) is 8.68. The Morgan fingerprint density at radius 1 is 1.12 bits per heavy atom. The number of nitrogens with two attached hydrogens (primary N) is 1. The van der Waals surface area contributed by atoms with E-state index >= 15 is 0 Å². The highest BCUT2D eigenvalue weighted by Gasteiger charge is 2.08. The molecule has 0 aliphatic rings. The number of hydrogen-bond acceptors (Lipinski definition) is 3. The van der Waals surface area contributed by atoms with E-state index in [1.807, 2.05) is 30.5 Å². The number of carbonyl (C=O) groups is 1. The van der Waals surface area contributed by atoms with Crippen LogP contribution in [-0.4, -0.2) is 15.9 Å². The molecule has 0 atom stereocenters. The van der Waals surface area contributed by atoms with Gasteiger partial charge in [-0.2, -0.15) is 0 Å². The summed E-state index contributed by atoms with van der Waals surface area (Å²) in [6.45, 7) is 0. The third-order valence-corrected chi connectivity index (χ3v) is 4.67. The second kappa shape index (κ2) is 6.69. The Morgan fingerprint density at radius 3 is 2.81 bits per heavy atom. The first-order chi connectivity index (χ1) is 12.6. The van der Waals surface area contributed by atoms with Crippen molar-refractivity contribution in [2.75, 3.05) is 11.1 Å². The molecule has 4 N–H and O–H groups in total. The Bertz CT molecular complexity index is 1120. The molecule has 4 aromatic rings. The summed E-state index contributed by atoms with van der Waals surface area (Å²) < 4.78 is 0. The molecular formula is C20H17ClN4O. The number of amides is 1. The van der Waals surface area contributed by atoms with Crippen LogP contribution in [0.15, 0.2) is 54.7 Å². The summed E-state index contributed by atoms with van der Waals surface area (Å²) >= 11 is 5.97. The van der Waals surface area contributed by atoms with Crippen LogP contribution < -0.4 is 11.1 Å². The van der Waals surface area contributed by atoms with Crippen LogP contribution in [0.2, 0.25) is 5.02 Å². The van der Waals surface area contributed by atoms with E-state index in [0.29, 0.717) is 29.2 Å². The fraction of sp³-hybridized carbons (Fsp3) is 0.100. The molecule has 0 aliphatic carbocycles. The summed E-state index contributed by atoms with van der Waals surface area (Å²) in [5.74, 6) is -0.0911. The molecule has 2 aromatic heterocycles. The van der Waals surface area contributed by atoms with Crippen molar-refractivity contribution in [3.63, 3.8) is 0 Å². The van der Waals surface area contributed by atoms with Crippen molar-refractivity contribution in [2.24, 2.45) is 0 Å². The minimum absolute atomic E-state index is 0.0911. The highest BCUT2D eigenvalue weighted by molar-refractivity contribution is 6.33. The predicted octanol–water partition coefficient (Wildman–Crippen LogP) is 4.52. The molecule has 2 aromatic carbocycles. The van der Waals surface area contributed by atoms with Crippen LogP contribution in [-0.2, 0) is 11.2 Å². The lowest BCUT2D eigenvalue weighted by atomic mass is 10.1. The van der Waals surface area contributed by atoms with Crippen LogP contribution in [0.5, 0.6) is 0 Å². The molecule has 4 rings (SSSR count). The molecule has 0 bridgehead atoms. The Kier molecular flexibility index (Phi) is 4.22. The molecule has 0 spiro atoms. The predicted molar refractivity (Wildman–Crippen MR) is 106 cm³/mol. The molecule has 1 amide bonds. The summed E-state index contributed by atoms with van der Waals surface area (Å²) in [7, 11) is 0. The number of benzene rings is 2. The summed E-state index contributed by atoms with van der Waals surface area (Å²) in [5.41, 5.74) is 9.76. The van der Waals surface area contributed by atoms with Crippen molar-refractivity contribution in [3.05, 3.63) is 65.4 Å². The molecule has 0 unspecified atom stereocenters. The highest BCUT2D eigenvalue weighted by Crippen LogP contribution is 2.25. The van der Waals surface area contributed by atoms with E-state index in [1.165, 1.54) is 0 Å². The lowest BCUT2D eigenvalue weighted by molar-refractivity contribution is -0.116. The fourth-order valence-corrected chi connectivity index (χ4v) is 3.18. The lowest BCUT2D eigenvalue weighted by Crippen LogP contribution is -2.12. The van der Waals surface area contributed by atoms with Gasteiger partial charge in [-0.05, 0) is 36.8 Å². The van der Waals surface area contributed by atoms with Gasteiger partial charge in [-0.1, -0.05) is 29.8 Å². The van der Waals surface area contributed by atoms with Crippen molar-refractivity contribution in [1.82, 2.24) is 9.97 Å². The van der Waals surface area contributed by atoms with Gasteiger partial charge in [0.05, 0.1) is 22.4 Å². The first kappa shape index (κ1) is 16.4. The SMILES string of the molecule is Nc1ccc(NC(=O)CCc2cc3c(cn2)[nH]c2ccccc23)cc1Cl. The number of aryl methyl sites for hydroxylation is 1. The number of nitrogen functional groups attached to an aromatic ring is 1. The van der Waals surface area contributed by atoms with E-state index in [0.717, 1.165) is 27.5 Å². The second-order valence-electron chi connectivity index (χ2n) is 6.18. The summed E-state index contributed by atoms with van der Waals surface area (Å²) in [6.07, 6.45) is 2.72. The van der Waals surface area contributed by atoms with E-state index in [4.69, 9.17) is 17.3 Å². The fourth-order valence-electron chi connectivity index (χ4n) is 3.00. The molecule has 0 radical (unpaired) electrons. The lowest BCUT2D eigenvalue weighted by Gasteiger charge is -2.07. The minimum atomic E-state index is -0.0911. The average Bonchev–Trinajstić information content (AvgIpc) is 3.01. The maximum absolute atomic E-state index is 12.2. The number of rotatable bonds is 4. The maximum Gasteiger partial charge on any atom is 0.224 e. The second-order valence-corrected chi connectivity index (χ2v) is 6.58.